The van der Waals surface area contributed by atoms with Gasteiger partial charge in [0.2, 0.25) is 6.41 Å². The number of rotatable bonds is 4. The molecule has 0 heterocycles. The lowest BCUT2D eigenvalue weighted by molar-refractivity contribution is -0.142. The fourth-order valence-corrected chi connectivity index (χ4v) is 1.83. The van der Waals surface area contributed by atoms with Crippen molar-refractivity contribution in [3.8, 4) is 0 Å². The Morgan fingerprint density at radius 3 is 2.29 bits per heavy atom. The zero-order valence-corrected chi connectivity index (χ0v) is 10.6. The third-order valence-corrected chi connectivity index (χ3v) is 2.77. The Morgan fingerprint density at radius 1 is 1.35 bits per heavy atom. The van der Waals surface area contributed by atoms with Gasteiger partial charge in [0.25, 0.3) is 0 Å². The smallest absolute Gasteiger partial charge is 0.328 e. The minimum atomic E-state index is -0.628. The van der Waals surface area contributed by atoms with Crippen LogP contribution < -0.4 is 4.90 Å². The number of hydrogen-bond donors (Lipinski definition) is 0. The molecule has 0 radical (unpaired) electrons. The molecule has 17 heavy (non-hydrogen) atoms. The first-order valence-corrected chi connectivity index (χ1v) is 5.40. The molecule has 1 aromatic carbocycles. The highest BCUT2D eigenvalue weighted by Crippen LogP contribution is 2.25. The van der Waals surface area contributed by atoms with Crippen LogP contribution in [0, 0.1) is 13.8 Å². The van der Waals surface area contributed by atoms with Crippen LogP contribution in [0.2, 0.25) is 0 Å². The highest BCUT2D eigenvalue weighted by atomic mass is 16.5. The van der Waals surface area contributed by atoms with Crippen molar-refractivity contribution in [3.63, 3.8) is 0 Å². The van der Waals surface area contributed by atoms with Crippen molar-refractivity contribution < 1.29 is 14.3 Å². The number of carbonyl (C=O) groups is 2. The zero-order valence-electron chi connectivity index (χ0n) is 10.6. The lowest BCUT2D eigenvalue weighted by Gasteiger charge is -2.26. The topological polar surface area (TPSA) is 46.6 Å². The molecule has 1 atom stereocenters. The van der Waals surface area contributed by atoms with Gasteiger partial charge in [0.1, 0.15) is 6.04 Å². The van der Waals surface area contributed by atoms with Gasteiger partial charge < -0.3 is 9.64 Å². The van der Waals surface area contributed by atoms with Crippen LogP contribution in [0.5, 0.6) is 0 Å². The van der Waals surface area contributed by atoms with Gasteiger partial charge in [-0.25, -0.2) is 4.79 Å². The van der Waals surface area contributed by atoms with Gasteiger partial charge in [0.15, 0.2) is 0 Å². The summed E-state index contributed by atoms with van der Waals surface area (Å²) in [5, 5.41) is 0. The Morgan fingerprint density at radius 2 is 1.88 bits per heavy atom. The molecule has 1 rings (SSSR count). The molecule has 0 N–H and O–H groups in total. The molecule has 0 unspecified atom stereocenters. The molecular formula is C13H17NO3. The predicted octanol–water partition coefficient (Wildman–Crippen LogP) is 1.83. The molecule has 0 spiro atoms. The Kier molecular flexibility index (Phi) is 4.26. The summed E-state index contributed by atoms with van der Waals surface area (Å²) < 4.78 is 4.66. The van der Waals surface area contributed by atoms with Gasteiger partial charge in [-0.15, -0.1) is 0 Å². The minimum absolute atomic E-state index is 0.431. The summed E-state index contributed by atoms with van der Waals surface area (Å²) in [7, 11) is 1.31. The van der Waals surface area contributed by atoms with Crippen LogP contribution in [0.4, 0.5) is 5.69 Å². The average molecular weight is 235 g/mol. The fourth-order valence-electron chi connectivity index (χ4n) is 1.83. The molecule has 1 aromatic rings. The summed E-state index contributed by atoms with van der Waals surface area (Å²) in [6.07, 6.45) is 0.664. The van der Waals surface area contributed by atoms with E-state index in [0.29, 0.717) is 6.41 Å². The maximum absolute atomic E-state index is 11.5. The van der Waals surface area contributed by atoms with E-state index in [-0.39, 0.29) is 0 Å². The van der Waals surface area contributed by atoms with Crippen molar-refractivity contribution in [1.82, 2.24) is 0 Å². The first kappa shape index (κ1) is 13.2. The molecule has 0 aliphatic carbocycles. The van der Waals surface area contributed by atoms with Gasteiger partial charge in [-0.05, 0) is 31.9 Å². The van der Waals surface area contributed by atoms with Crippen LogP contribution >= 0.6 is 0 Å². The van der Waals surface area contributed by atoms with E-state index in [1.54, 1.807) is 6.92 Å². The van der Waals surface area contributed by atoms with Crippen LogP contribution in [-0.2, 0) is 14.3 Å². The molecule has 92 valence electrons. The van der Waals surface area contributed by atoms with Crippen molar-refractivity contribution in [3.05, 3.63) is 29.3 Å². The standard InChI is InChI=1S/C13H17NO3/c1-9-6-5-7-10(2)12(9)14(8-15)11(3)13(16)17-4/h5-8,11H,1-4H3/t11-/m0/s1. The monoisotopic (exact) mass is 235 g/mol. The SMILES string of the molecule is COC(=O)[C@H](C)N(C=O)c1c(C)cccc1C. The maximum Gasteiger partial charge on any atom is 0.328 e. The number of anilines is 1. The number of aryl methyl sites for hydroxylation is 2. The molecule has 4 nitrogen and oxygen atoms in total. The Hall–Kier alpha value is -1.84. The second-order valence-corrected chi connectivity index (χ2v) is 3.95. The summed E-state index contributed by atoms with van der Waals surface area (Å²) in [5.74, 6) is -0.431. The summed E-state index contributed by atoms with van der Waals surface area (Å²) >= 11 is 0. The molecule has 0 aliphatic rings. The van der Waals surface area contributed by atoms with E-state index in [0.717, 1.165) is 16.8 Å². The van der Waals surface area contributed by atoms with Gasteiger partial charge >= 0.3 is 5.97 Å². The zero-order chi connectivity index (χ0) is 13.0. The Labute approximate surface area is 101 Å². The lowest BCUT2D eigenvalue weighted by Crippen LogP contribution is -2.39. The van der Waals surface area contributed by atoms with Crippen LogP contribution in [0.25, 0.3) is 0 Å². The van der Waals surface area contributed by atoms with Gasteiger partial charge in [-0.2, -0.15) is 0 Å². The van der Waals surface area contributed by atoms with E-state index in [1.807, 2.05) is 32.0 Å². The molecule has 0 saturated carbocycles. The highest BCUT2D eigenvalue weighted by Gasteiger charge is 2.24. The fraction of sp³-hybridized carbons (Fsp3) is 0.385. The van der Waals surface area contributed by atoms with Crippen LogP contribution in [0.1, 0.15) is 18.1 Å². The minimum Gasteiger partial charge on any atom is -0.467 e. The van der Waals surface area contributed by atoms with Gasteiger partial charge in [-0.1, -0.05) is 18.2 Å². The van der Waals surface area contributed by atoms with Crippen LogP contribution in [0.15, 0.2) is 18.2 Å². The number of amides is 1. The number of carbonyl (C=O) groups excluding carboxylic acids is 2. The Bertz CT molecular complexity index is 408. The van der Waals surface area contributed by atoms with Crippen molar-refractivity contribution in [2.75, 3.05) is 12.0 Å². The van der Waals surface area contributed by atoms with Crippen molar-refractivity contribution in [2.24, 2.45) is 0 Å². The number of benzene rings is 1. The summed E-state index contributed by atoms with van der Waals surface area (Å²) in [6, 6.07) is 5.10. The summed E-state index contributed by atoms with van der Waals surface area (Å²) in [4.78, 5) is 24.1. The first-order valence-electron chi connectivity index (χ1n) is 5.40. The quantitative estimate of drug-likeness (QED) is 0.591. The van der Waals surface area contributed by atoms with Crippen molar-refractivity contribution in [2.45, 2.75) is 26.8 Å². The molecule has 1 amide bonds. The molecule has 4 heteroatoms. The van der Waals surface area contributed by atoms with Crippen LogP contribution in [-0.4, -0.2) is 25.5 Å². The lowest BCUT2D eigenvalue weighted by atomic mass is 10.1. The third kappa shape index (κ3) is 2.64. The van der Waals surface area contributed by atoms with E-state index in [9.17, 15) is 9.59 Å². The number of esters is 1. The maximum atomic E-state index is 11.5. The van der Waals surface area contributed by atoms with Crippen LogP contribution in [0.3, 0.4) is 0 Å². The second-order valence-electron chi connectivity index (χ2n) is 3.95. The van der Waals surface area contributed by atoms with Crippen molar-refractivity contribution in [1.29, 1.82) is 0 Å². The number of para-hydroxylation sites is 1. The molecular weight excluding hydrogens is 218 g/mol. The molecule has 0 aliphatic heterocycles. The molecule has 0 fully saturated rings. The molecule has 0 aromatic heterocycles. The third-order valence-electron chi connectivity index (χ3n) is 2.77. The molecule has 0 bridgehead atoms. The number of nitrogens with zero attached hydrogens (tertiary/aromatic N) is 1. The summed E-state index contributed by atoms with van der Waals surface area (Å²) in [6.45, 7) is 5.46. The van der Waals surface area contributed by atoms with E-state index >= 15 is 0 Å². The van der Waals surface area contributed by atoms with Gasteiger partial charge in [-0.3, -0.25) is 4.79 Å². The summed E-state index contributed by atoms with van der Waals surface area (Å²) in [5.41, 5.74) is 2.67. The van der Waals surface area contributed by atoms with E-state index in [1.165, 1.54) is 12.0 Å². The number of hydrogen-bond acceptors (Lipinski definition) is 3. The average Bonchev–Trinajstić information content (AvgIpc) is 2.32. The number of methoxy groups -OCH3 is 1. The van der Waals surface area contributed by atoms with E-state index in [2.05, 4.69) is 4.74 Å². The van der Waals surface area contributed by atoms with Gasteiger partial charge in [0.05, 0.1) is 12.8 Å². The highest BCUT2D eigenvalue weighted by molar-refractivity contribution is 5.90. The Balaban J connectivity index is 3.18. The predicted molar refractivity (Wildman–Crippen MR) is 65.9 cm³/mol. The largest absolute Gasteiger partial charge is 0.467 e. The molecule has 0 saturated heterocycles. The second kappa shape index (κ2) is 5.48. The van der Waals surface area contributed by atoms with E-state index in [4.69, 9.17) is 0 Å². The van der Waals surface area contributed by atoms with Gasteiger partial charge in [0, 0.05) is 0 Å². The van der Waals surface area contributed by atoms with E-state index < -0.39 is 12.0 Å². The number of ether oxygens (including phenoxy) is 1. The first-order chi connectivity index (χ1) is 8.02. The van der Waals surface area contributed by atoms with Crippen molar-refractivity contribution >= 4 is 18.1 Å². The normalized spacial score (nSPS) is 11.8.